The topological polar surface area (TPSA) is 32.5 Å². The normalized spacial score (nSPS) is 21.1. The van der Waals surface area contributed by atoms with E-state index in [0.29, 0.717) is 0 Å². The van der Waals surface area contributed by atoms with Crippen molar-refractivity contribution in [2.75, 3.05) is 39.0 Å². The first-order valence-electron chi connectivity index (χ1n) is 6.75. The largest absolute Gasteiger partial charge is 0.399 e. The molecule has 0 aliphatic carbocycles. The fraction of sp³-hybridized carbons (Fsp3) is 0.600. The van der Waals surface area contributed by atoms with Crippen LogP contribution >= 0.6 is 0 Å². The van der Waals surface area contributed by atoms with Gasteiger partial charge in [0, 0.05) is 37.4 Å². The number of piperazine rings is 1. The minimum absolute atomic E-state index is 0.286. The van der Waals surface area contributed by atoms with E-state index in [0.717, 1.165) is 31.7 Å². The molecule has 0 aromatic heterocycles. The molecule has 1 aromatic carbocycles. The molecule has 0 amide bonds. The number of rotatable bonds is 3. The Labute approximate surface area is 111 Å². The fourth-order valence-corrected chi connectivity index (χ4v) is 2.57. The molecule has 0 saturated carbocycles. The zero-order valence-corrected chi connectivity index (χ0v) is 11.8. The molecule has 3 heteroatoms. The second kappa shape index (κ2) is 5.29. The fourth-order valence-electron chi connectivity index (χ4n) is 2.57. The van der Waals surface area contributed by atoms with E-state index in [1.165, 1.54) is 12.1 Å². The molecule has 0 bridgehead atoms. The Kier molecular flexibility index (Phi) is 3.93. The van der Waals surface area contributed by atoms with E-state index in [2.05, 4.69) is 42.8 Å². The number of hydrogen-bond donors (Lipinski definition) is 1. The van der Waals surface area contributed by atoms with Gasteiger partial charge in [0.2, 0.25) is 0 Å². The Morgan fingerprint density at radius 3 is 2.72 bits per heavy atom. The SMILES string of the molecule is CN1CCN(CCc2cccc(N)c2)CC1(C)C. The summed E-state index contributed by atoms with van der Waals surface area (Å²) in [4.78, 5) is 5.01. The summed E-state index contributed by atoms with van der Waals surface area (Å²) in [5.41, 5.74) is 8.30. The number of nitrogens with two attached hydrogens (primary N) is 1. The summed E-state index contributed by atoms with van der Waals surface area (Å²) in [6.07, 6.45) is 1.09. The number of nitrogen functional groups attached to an aromatic ring is 1. The average molecular weight is 247 g/mol. The number of benzene rings is 1. The highest BCUT2D eigenvalue weighted by atomic mass is 15.3. The predicted octanol–water partition coefficient (Wildman–Crippen LogP) is 1.84. The lowest BCUT2D eigenvalue weighted by molar-refractivity contribution is 0.0407. The van der Waals surface area contributed by atoms with Crippen molar-refractivity contribution >= 4 is 5.69 Å². The smallest absolute Gasteiger partial charge is 0.0316 e. The van der Waals surface area contributed by atoms with Crippen molar-refractivity contribution in [2.45, 2.75) is 25.8 Å². The number of anilines is 1. The van der Waals surface area contributed by atoms with Gasteiger partial charge in [-0.1, -0.05) is 12.1 Å². The lowest BCUT2D eigenvalue weighted by atomic mass is 9.99. The molecule has 100 valence electrons. The van der Waals surface area contributed by atoms with Gasteiger partial charge in [-0.15, -0.1) is 0 Å². The van der Waals surface area contributed by atoms with Crippen LogP contribution < -0.4 is 5.73 Å². The van der Waals surface area contributed by atoms with Crippen LogP contribution in [-0.4, -0.2) is 48.6 Å². The van der Waals surface area contributed by atoms with Crippen LogP contribution in [0.25, 0.3) is 0 Å². The van der Waals surface area contributed by atoms with Gasteiger partial charge in [-0.25, -0.2) is 0 Å². The van der Waals surface area contributed by atoms with Crippen LogP contribution in [0.2, 0.25) is 0 Å². The van der Waals surface area contributed by atoms with E-state index in [1.54, 1.807) is 0 Å². The molecule has 1 heterocycles. The van der Waals surface area contributed by atoms with E-state index in [9.17, 15) is 0 Å². The van der Waals surface area contributed by atoms with Gasteiger partial charge in [0.25, 0.3) is 0 Å². The van der Waals surface area contributed by atoms with Gasteiger partial charge in [0.15, 0.2) is 0 Å². The molecular formula is C15H25N3. The highest BCUT2D eigenvalue weighted by Gasteiger charge is 2.30. The highest BCUT2D eigenvalue weighted by Crippen LogP contribution is 2.19. The second-order valence-corrected chi connectivity index (χ2v) is 6.01. The maximum atomic E-state index is 5.81. The van der Waals surface area contributed by atoms with Crippen LogP contribution in [0.4, 0.5) is 5.69 Å². The maximum Gasteiger partial charge on any atom is 0.0316 e. The van der Waals surface area contributed by atoms with Crippen molar-refractivity contribution < 1.29 is 0 Å². The molecule has 0 spiro atoms. The van der Waals surface area contributed by atoms with Crippen LogP contribution in [0.5, 0.6) is 0 Å². The monoisotopic (exact) mass is 247 g/mol. The molecule has 2 N–H and O–H groups in total. The van der Waals surface area contributed by atoms with Gasteiger partial charge in [-0.2, -0.15) is 0 Å². The van der Waals surface area contributed by atoms with E-state index >= 15 is 0 Å². The van der Waals surface area contributed by atoms with Gasteiger partial charge in [0.05, 0.1) is 0 Å². The summed E-state index contributed by atoms with van der Waals surface area (Å²) in [5, 5.41) is 0. The summed E-state index contributed by atoms with van der Waals surface area (Å²) >= 11 is 0. The molecule has 1 saturated heterocycles. The van der Waals surface area contributed by atoms with Crippen molar-refractivity contribution in [1.82, 2.24) is 9.80 Å². The Hall–Kier alpha value is -1.06. The van der Waals surface area contributed by atoms with Crippen LogP contribution in [0.15, 0.2) is 24.3 Å². The molecule has 1 aliphatic rings. The molecule has 1 aromatic rings. The van der Waals surface area contributed by atoms with Crippen LogP contribution in [-0.2, 0) is 6.42 Å². The summed E-state index contributed by atoms with van der Waals surface area (Å²) in [6.45, 7) is 9.23. The van der Waals surface area contributed by atoms with Gasteiger partial charge < -0.3 is 5.73 Å². The third kappa shape index (κ3) is 3.24. The van der Waals surface area contributed by atoms with Crippen molar-refractivity contribution in [1.29, 1.82) is 0 Å². The van der Waals surface area contributed by atoms with Crippen molar-refractivity contribution in [2.24, 2.45) is 0 Å². The third-order valence-electron chi connectivity index (χ3n) is 4.06. The number of hydrogen-bond acceptors (Lipinski definition) is 3. The summed E-state index contributed by atoms with van der Waals surface area (Å²) in [5.74, 6) is 0. The highest BCUT2D eigenvalue weighted by molar-refractivity contribution is 5.40. The van der Waals surface area contributed by atoms with Gasteiger partial charge in [-0.05, 0) is 45.0 Å². The van der Waals surface area contributed by atoms with E-state index < -0.39 is 0 Å². The zero-order chi connectivity index (χ0) is 13.2. The maximum absolute atomic E-state index is 5.81. The first-order valence-corrected chi connectivity index (χ1v) is 6.75. The molecule has 0 radical (unpaired) electrons. The Morgan fingerprint density at radius 1 is 1.28 bits per heavy atom. The first kappa shape index (κ1) is 13.4. The summed E-state index contributed by atoms with van der Waals surface area (Å²) < 4.78 is 0. The van der Waals surface area contributed by atoms with E-state index in [1.807, 2.05) is 12.1 Å². The molecule has 18 heavy (non-hydrogen) atoms. The predicted molar refractivity (Wildman–Crippen MR) is 77.7 cm³/mol. The molecule has 3 nitrogen and oxygen atoms in total. The molecular weight excluding hydrogens is 222 g/mol. The van der Waals surface area contributed by atoms with Gasteiger partial charge in [0.1, 0.15) is 0 Å². The van der Waals surface area contributed by atoms with E-state index in [-0.39, 0.29) is 5.54 Å². The Bertz CT molecular complexity index is 400. The lowest BCUT2D eigenvalue weighted by Gasteiger charge is -2.45. The number of likely N-dealkylation sites (N-methyl/N-ethyl adjacent to an activating group) is 1. The standard InChI is InChI=1S/C15H25N3/c1-15(2)12-18(10-9-17(15)3)8-7-13-5-4-6-14(16)11-13/h4-6,11H,7-10,12,16H2,1-3H3. The van der Waals surface area contributed by atoms with E-state index in [4.69, 9.17) is 5.73 Å². The van der Waals surface area contributed by atoms with Crippen molar-refractivity contribution in [3.8, 4) is 0 Å². The third-order valence-corrected chi connectivity index (χ3v) is 4.06. The Balaban J connectivity index is 1.88. The second-order valence-electron chi connectivity index (χ2n) is 6.01. The van der Waals surface area contributed by atoms with Crippen molar-refractivity contribution in [3.63, 3.8) is 0 Å². The Morgan fingerprint density at radius 2 is 2.06 bits per heavy atom. The molecule has 0 atom stereocenters. The van der Waals surface area contributed by atoms with Crippen molar-refractivity contribution in [3.05, 3.63) is 29.8 Å². The molecule has 0 unspecified atom stereocenters. The minimum Gasteiger partial charge on any atom is -0.399 e. The molecule has 1 aliphatic heterocycles. The average Bonchev–Trinajstić information content (AvgIpc) is 2.31. The van der Waals surface area contributed by atoms with Crippen LogP contribution in [0, 0.1) is 0 Å². The minimum atomic E-state index is 0.286. The van der Waals surface area contributed by atoms with Gasteiger partial charge >= 0.3 is 0 Å². The lowest BCUT2D eigenvalue weighted by Crippen LogP contribution is -2.57. The number of nitrogens with zero attached hydrogens (tertiary/aromatic N) is 2. The summed E-state index contributed by atoms with van der Waals surface area (Å²) in [6, 6.07) is 8.24. The van der Waals surface area contributed by atoms with Crippen LogP contribution in [0.3, 0.4) is 0 Å². The zero-order valence-electron chi connectivity index (χ0n) is 11.8. The summed E-state index contributed by atoms with van der Waals surface area (Å²) in [7, 11) is 2.22. The van der Waals surface area contributed by atoms with Crippen LogP contribution in [0.1, 0.15) is 19.4 Å². The van der Waals surface area contributed by atoms with Gasteiger partial charge in [-0.3, -0.25) is 9.80 Å². The molecule has 1 fully saturated rings. The first-order chi connectivity index (χ1) is 8.47. The molecule has 2 rings (SSSR count). The quantitative estimate of drug-likeness (QED) is 0.827.